The zero-order valence-corrected chi connectivity index (χ0v) is 9.03. The minimum absolute atomic E-state index is 0.486. The molecular formula is C10H16N2S. The minimum Gasteiger partial charge on any atom is -0.308 e. The third kappa shape index (κ3) is 3.70. The van der Waals surface area contributed by atoms with Crippen molar-refractivity contribution in [2.75, 3.05) is 0 Å². The highest BCUT2D eigenvalue weighted by atomic mass is 32.1. The molecule has 0 bridgehead atoms. The quantitative estimate of drug-likeness (QED) is 0.732. The van der Waals surface area contributed by atoms with Gasteiger partial charge in [0.25, 0.3) is 0 Å². The van der Waals surface area contributed by atoms with Crippen LogP contribution in [0.4, 0.5) is 0 Å². The summed E-state index contributed by atoms with van der Waals surface area (Å²) in [5, 5.41) is 6.62. The molecule has 1 heterocycles. The van der Waals surface area contributed by atoms with Crippen molar-refractivity contribution in [3.05, 3.63) is 28.7 Å². The maximum atomic E-state index is 4.37. The third-order valence-corrected chi connectivity index (χ3v) is 2.64. The Kier molecular flexibility index (Phi) is 4.12. The van der Waals surface area contributed by atoms with Gasteiger partial charge in [-0.3, -0.25) is 0 Å². The molecule has 13 heavy (non-hydrogen) atoms. The topological polar surface area (TPSA) is 24.9 Å². The fourth-order valence-electron chi connectivity index (χ4n) is 1.10. The Morgan fingerprint density at radius 2 is 2.54 bits per heavy atom. The average Bonchev–Trinajstić information content (AvgIpc) is 2.49. The fraction of sp³-hybridized carbons (Fsp3) is 0.500. The van der Waals surface area contributed by atoms with E-state index in [2.05, 4.69) is 29.2 Å². The standard InChI is InChI=1S/C10H16N2S/c1-4-5-8(2)11-6-10-7-13-9(3)12-10/h4,7-8,11H,1,5-6H2,2-3H3. The second-order valence-electron chi connectivity index (χ2n) is 3.16. The summed E-state index contributed by atoms with van der Waals surface area (Å²) in [6.45, 7) is 8.75. The monoisotopic (exact) mass is 196 g/mol. The lowest BCUT2D eigenvalue weighted by molar-refractivity contribution is 0.549. The van der Waals surface area contributed by atoms with Gasteiger partial charge in [-0.1, -0.05) is 6.08 Å². The highest BCUT2D eigenvalue weighted by Crippen LogP contribution is 2.07. The SMILES string of the molecule is C=CCC(C)NCc1csc(C)n1. The van der Waals surface area contributed by atoms with Crippen molar-refractivity contribution in [3.8, 4) is 0 Å². The molecule has 0 amide bonds. The predicted molar refractivity (Wildman–Crippen MR) is 58.0 cm³/mol. The van der Waals surface area contributed by atoms with Crippen molar-refractivity contribution in [2.45, 2.75) is 32.9 Å². The van der Waals surface area contributed by atoms with Gasteiger partial charge in [0.15, 0.2) is 0 Å². The van der Waals surface area contributed by atoms with Crippen LogP contribution in [0.5, 0.6) is 0 Å². The number of rotatable bonds is 5. The van der Waals surface area contributed by atoms with E-state index in [9.17, 15) is 0 Å². The van der Waals surface area contributed by atoms with Crippen molar-refractivity contribution >= 4 is 11.3 Å². The van der Waals surface area contributed by atoms with Crippen LogP contribution in [0.15, 0.2) is 18.0 Å². The lowest BCUT2D eigenvalue weighted by Crippen LogP contribution is -2.24. The van der Waals surface area contributed by atoms with Gasteiger partial charge in [0.1, 0.15) is 0 Å². The summed E-state index contributed by atoms with van der Waals surface area (Å²) in [5.74, 6) is 0. The first-order chi connectivity index (χ1) is 6.22. The van der Waals surface area contributed by atoms with E-state index in [0.717, 1.165) is 23.7 Å². The molecule has 0 aliphatic rings. The molecule has 1 rings (SSSR count). The average molecular weight is 196 g/mol. The van der Waals surface area contributed by atoms with Gasteiger partial charge in [-0.15, -0.1) is 17.9 Å². The summed E-state index contributed by atoms with van der Waals surface area (Å²) in [7, 11) is 0. The molecule has 1 aromatic rings. The molecule has 2 nitrogen and oxygen atoms in total. The lowest BCUT2D eigenvalue weighted by Gasteiger charge is -2.09. The summed E-state index contributed by atoms with van der Waals surface area (Å²) in [6, 6.07) is 0.486. The van der Waals surface area contributed by atoms with Gasteiger partial charge in [0.2, 0.25) is 0 Å². The Morgan fingerprint density at radius 1 is 1.77 bits per heavy atom. The number of thiazole rings is 1. The summed E-state index contributed by atoms with van der Waals surface area (Å²) >= 11 is 1.70. The molecule has 0 spiro atoms. The number of nitrogens with one attached hydrogen (secondary N) is 1. The first-order valence-electron chi connectivity index (χ1n) is 4.47. The number of aromatic nitrogens is 1. The molecule has 1 atom stereocenters. The van der Waals surface area contributed by atoms with Gasteiger partial charge >= 0.3 is 0 Å². The predicted octanol–water partition coefficient (Wildman–Crippen LogP) is 2.51. The van der Waals surface area contributed by atoms with Crippen LogP contribution < -0.4 is 5.32 Å². The summed E-state index contributed by atoms with van der Waals surface area (Å²) in [6.07, 6.45) is 2.94. The van der Waals surface area contributed by atoms with Gasteiger partial charge in [-0.05, 0) is 20.3 Å². The van der Waals surface area contributed by atoms with Crippen LogP contribution in [0.3, 0.4) is 0 Å². The molecule has 0 radical (unpaired) electrons. The first-order valence-corrected chi connectivity index (χ1v) is 5.35. The maximum Gasteiger partial charge on any atom is 0.0897 e. The summed E-state index contributed by atoms with van der Waals surface area (Å²) < 4.78 is 0. The molecule has 0 fully saturated rings. The molecule has 1 aromatic heterocycles. The van der Waals surface area contributed by atoms with Crippen molar-refractivity contribution in [2.24, 2.45) is 0 Å². The molecule has 72 valence electrons. The molecule has 0 saturated carbocycles. The Bertz CT molecular complexity index is 268. The van der Waals surface area contributed by atoms with Crippen molar-refractivity contribution in [1.82, 2.24) is 10.3 Å². The van der Waals surface area contributed by atoms with Crippen LogP contribution in [0.1, 0.15) is 24.0 Å². The Balaban J connectivity index is 2.30. The van der Waals surface area contributed by atoms with Crippen molar-refractivity contribution in [3.63, 3.8) is 0 Å². The zero-order valence-electron chi connectivity index (χ0n) is 8.21. The Labute approximate surface area is 83.7 Å². The van der Waals surface area contributed by atoms with Crippen LogP contribution in [-0.4, -0.2) is 11.0 Å². The largest absolute Gasteiger partial charge is 0.308 e. The van der Waals surface area contributed by atoms with E-state index in [4.69, 9.17) is 0 Å². The zero-order chi connectivity index (χ0) is 9.68. The minimum atomic E-state index is 0.486. The van der Waals surface area contributed by atoms with E-state index < -0.39 is 0 Å². The van der Waals surface area contributed by atoms with E-state index in [1.165, 1.54) is 0 Å². The molecule has 0 saturated heterocycles. The Morgan fingerprint density at radius 3 is 3.08 bits per heavy atom. The van der Waals surface area contributed by atoms with Crippen LogP contribution in [-0.2, 0) is 6.54 Å². The van der Waals surface area contributed by atoms with E-state index >= 15 is 0 Å². The Hall–Kier alpha value is -0.670. The van der Waals surface area contributed by atoms with Gasteiger partial charge in [0, 0.05) is 18.0 Å². The van der Waals surface area contributed by atoms with Crippen LogP contribution in [0.25, 0.3) is 0 Å². The van der Waals surface area contributed by atoms with Crippen LogP contribution >= 0.6 is 11.3 Å². The van der Waals surface area contributed by atoms with E-state index in [1.807, 2.05) is 13.0 Å². The normalized spacial score (nSPS) is 12.8. The van der Waals surface area contributed by atoms with Gasteiger partial charge < -0.3 is 5.32 Å². The second kappa shape index (κ2) is 5.14. The van der Waals surface area contributed by atoms with Crippen LogP contribution in [0, 0.1) is 6.92 Å². The maximum absolute atomic E-state index is 4.37. The van der Waals surface area contributed by atoms with Crippen molar-refractivity contribution in [1.29, 1.82) is 0 Å². The van der Waals surface area contributed by atoms with Gasteiger partial charge in [-0.2, -0.15) is 0 Å². The molecule has 1 N–H and O–H groups in total. The molecular weight excluding hydrogens is 180 g/mol. The molecule has 1 unspecified atom stereocenters. The van der Waals surface area contributed by atoms with E-state index in [1.54, 1.807) is 11.3 Å². The van der Waals surface area contributed by atoms with E-state index in [0.29, 0.717) is 6.04 Å². The highest BCUT2D eigenvalue weighted by molar-refractivity contribution is 7.09. The van der Waals surface area contributed by atoms with Gasteiger partial charge in [-0.25, -0.2) is 4.98 Å². The highest BCUT2D eigenvalue weighted by Gasteiger charge is 2.00. The number of hydrogen-bond acceptors (Lipinski definition) is 3. The summed E-state index contributed by atoms with van der Waals surface area (Å²) in [5.41, 5.74) is 1.14. The first kappa shape index (κ1) is 10.4. The van der Waals surface area contributed by atoms with Crippen molar-refractivity contribution < 1.29 is 0 Å². The molecule has 0 aliphatic carbocycles. The number of nitrogens with zero attached hydrogens (tertiary/aromatic N) is 1. The second-order valence-corrected chi connectivity index (χ2v) is 4.23. The van der Waals surface area contributed by atoms with Gasteiger partial charge in [0.05, 0.1) is 10.7 Å². The summed E-state index contributed by atoms with van der Waals surface area (Å²) in [4.78, 5) is 4.37. The fourth-order valence-corrected chi connectivity index (χ4v) is 1.71. The molecule has 0 aliphatic heterocycles. The molecule has 3 heteroatoms. The third-order valence-electron chi connectivity index (χ3n) is 1.82. The number of hydrogen-bond donors (Lipinski definition) is 1. The smallest absolute Gasteiger partial charge is 0.0897 e. The number of aryl methyl sites for hydroxylation is 1. The lowest BCUT2D eigenvalue weighted by atomic mass is 10.2. The van der Waals surface area contributed by atoms with Crippen LogP contribution in [0.2, 0.25) is 0 Å². The van der Waals surface area contributed by atoms with E-state index in [-0.39, 0.29) is 0 Å². The molecule has 0 aromatic carbocycles.